The fourth-order valence-electron chi connectivity index (χ4n) is 4.12. The first-order valence-electron chi connectivity index (χ1n) is 11.7. The summed E-state index contributed by atoms with van der Waals surface area (Å²) in [6.45, 7) is 1.66. The van der Waals surface area contributed by atoms with Gasteiger partial charge < -0.3 is 9.64 Å². The van der Waals surface area contributed by atoms with Crippen LogP contribution in [-0.4, -0.2) is 47.0 Å². The van der Waals surface area contributed by atoms with Crippen LogP contribution in [0.4, 0.5) is 0 Å². The summed E-state index contributed by atoms with van der Waals surface area (Å²) in [6, 6.07) is 24.7. The van der Waals surface area contributed by atoms with E-state index >= 15 is 0 Å². The van der Waals surface area contributed by atoms with Gasteiger partial charge in [0, 0.05) is 55.5 Å². The molecule has 176 valence electrons. The third-order valence-corrected chi connectivity index (χ3v) is 6.95. The Balaban J connectivity index is 1.32. The number of hydrogen-bond donors (Lipinski definition) is 0. The minimum Gasteiger partial charge on any atom is -0.383 e. The molecule has 6 heteroatoms. The van der Waals surface area contributed by atoms with Crippen LogP contribution in [0.5, 0.6) is 0 Å². The third kappa shape index (κ3) is 5.34. The largest absolute Gasteiger partial charge is 0.383 e. The highest BCUT2D eigenvalue weighted by Gasteiger charge is 2.14. The maximum absolute atomic E-state index is 12.9. The van der Waals surface area contributed by atoms with Gasteiger partial charge in [0.05, 0.1) is 12.3 Å². The normalized spacial score (nSPS) is 11.6. The molecule has 5 rings (SSSR count). The van der Waals surface area contributed by atoms with Crippen LogP contribution < -0.4 is 0 Å². The molecule has 5 nitrogen and oxygen atoms in total. The predicted molar refractivity (Wildman–Crippen MR) is 144 cm³/mol. The number of rotatable bonds is 9. The fraction of sp³-hybridized carbons (Fsp3) is 0.172. The minimum atomic E-state index is -0.0140. The highest BCUT2D eigenvalue weighted by Crippen LogP contribution is 2.27. The Morgan fingerprint density at radius 1 is 1.03 bits per heavy atom. The minimum absolute atomic E-state index is 0.0140. The van der Waals surface area contributed by atoms with Gasteiger partial charge in [0.15, 0.2) is 4.96 Å². The lowest BCUT2D eigenvalue weighted by Crippen LogP contribution is -2.34. The SMILES string of the molecule is COCCN(CCc1csc2nc(-c3ccc4ccccc4c3)cn12)C(=O)C=Cc1ccccc1. The Morgan fingerprint density at radius 2 is 1.83 bits per heavy atom. The quantitative estimate of drug-likeness (QED) is 0.245. The molecule has 0 unspecified atom stereocenters. The van der Waals surface area contributed by atoms with E-state index in [4.69, 9.17) is 9.72 Å². The molecule has 35 heavy (non-hydrogen) atoms. The molecule has 0 spiro atoms. The molecule has 0 N–H and O–H groups in total. The number of methoxy groups -OCH3 is 1. The number of ether oxygens (including phenoxy) is 1. The van der Waals surface area contributed by atoms with Crippen molar-refractivity contribution >= 4 is 39.1 Å². The second-order valence-electron chi connectivity index (χ2n) is 8.38. The summed E-state index contributed by atoms with van der Waals surface area (Å²) in [5, 5.41) is 4.56. The molecular weight excluding hydrogens is 454 g/mol. The molecule has 0 bridgehead atoms. The van der Waals surface area contributed by atoms with Crippen LogP contribution in [0.1, 0.15) is 11.3 Å². The highest BCUT2D eigenvalue weighted by atomic mass is 32.1. The van der Waals surface area contributed by atoms with E-state index in [-0.39, 0.29) is 5.91 Å². The zero-order chi connectivity index (χ0) is 24.0. The molecule has 0 fully saturated rings. The van der Waals surface area contributed by atoms with E-state index in [0.29, 0.717) is 19.7 Å². The van der Waals surface area contributed by atoms with E-state index in [1.54, 1.807) is 24.5 Å². The number of carbonyl (C=O) groups excluding carboxylic acids is 1. The smallest absolute Gasteiger partial charge is 0.246 e. The van der Waals surface area contributed by atoms with Gasteiger partial charge in [0.1, 0.15) is 0 Å². The van der Waals surface area contributed by atoms with Crippen LogP contribution in [0.3, 0.4) is 0 Å². The van der Waals surface area contributed by atoms with E-state index in [2.05, 4.69) is 58.4 Å². The Morgan fingerprint density at radius 3 is 2.66 bits per heavy atom. The lowest BCUT2D eigenvalue weighted by atomic mass is 10.1. The van der Waals surface area contributed by atoms with E-state index in [9.17, 15) is 4.79 Å². The van der Waals surface area contributed by atoms with Crippen molar-refractivity contribution in [3.05, 3.63) is 102 Å². The predicted octanol–water partition coefficient (Wildman–Crippen LogP) is 5.95. The van der Waals surface area contributed by atoms with Crippen molar-refractivity contribution in [2.45, 2.75) is 6.42 Å². The summed E-state index contributed by atoms with van der Waals surface area (Å²) in [6.07, 6.45) is 6.34. The number of amides is 1. The fourth-order valence-corrected chi connectivity index (χ4v) is 5.02. The van der Waals surface area contributed by atoms with Crippen LogP contribution in [0.15, 0.2) is 90.4 Å². The molecule has 0 aliphatic carbocycles. The van der Waals surface area contributed by atoms with Crippen molar-refractivity contribution in [1.82, 2.24) is 14.3 Å². The maximum atomic E-state index is 12.9. The Bertz CT molecular complexity index is 1470. The highest BCUT2D eigenvalue weighted by molar-refractivity contribution is 7.15. The number of imidazole rings is 1. The molecular formula is C29H27N3O2S. The summed E-state index contributed by atoms with van der Waals surface area (Å²) in [4.78, 5) is 20.6. The van der Waals surface area contributed by atoms with Crippen molar-refractivity contribution in [2.24, 2.45) is 0 Å². The lowest BCUT2D eigenvalue weighted by molar-refractivity contribution is -0.126. The number of fused-ring (bicyclic) bond motifs is 2. The van der Waals surface area contributed by atoms with Crippen LogP contribution in [0.2, 0.25) is 0 Å². The molecule has 0 atom stereocenters. The van der Waals surface area contributed by atoms with Gasteiger partial charge in [0.25, 0.3) is 0 Å². The first-order chi connectivity index (χ1) is 17.2. The van der Waals surface area contributed by atoms with Gasteiger partial charge in [-0.3, -0.25) is 9.20 Å². The molecule has 1 amide bonds. The van der Waals surface area contributed by atoms with Crippen molar-refractivity contribution in [1.29, 1.82) is 0 Å². The van der Waals surface area contributed by atoms with Gasteiger partial charge in [0.2, 0.25) is 5.91 Å². The Hall–Kier alpha value is -3.74. The summed E-state index contributed by atoms with van der Waals surface area (Å²) < 4.78 is 7.39. The van der Waals surface area contributed by atoms with Gasteiger partial charge in [-0.1, -0.05) is 66.7 Å². The zero-order valence-corrected chi connectivity index (χ0v) is 20.4. The van der Waals surface area contributed by atoms with Gasteiger partial charge in [-0.2, -0.15) is 0 Å². The van der Waals surface area contributed by atoms with Crippen molar-refractivity contribution in [3.8, 4) is 11.3 Å². The second-order valence-corrected chi connectivity index (χ2v) is 9.22. The number of benzene rings is 3. The molecule has 0 aliphatic heterocycles. The molecule has 0 radical (unpaired) electrons. The molecule has 2 aromatic heterocycles. The first-order valence-corrected chi connectivity index (χ1v) is 12.5. The molecule has 0 saturated carbocycles. The van der Waals surface area contributed by atoms with Crippen molar-refractivity contribution < 1.29 is 9.53 Å². The van der Waals surface area contributed by atoms with Crippen LogP contribution in [0.25, 0.3) is 33.1 Å². The zero-order valence-electron chi connectivity index (χ0n) is 19.6. The number of thiazole rings is 1. The number of aromatic nitrogens is 2. The third-order valence-electron chi connectivity index (χ3n) is 6.06. The topological polar surface area (TPSA) is 46.8 Å². The average molecular weight is 482 g/mol. The van der Waals surface area contributed by atoms with E-state index in [0.717, 1.165) is 33.9 Å². The van der Waals surface area contributed by atoms with E-state index < -0.39 is 0 Å². The van der Waals surface area contributed by atoms with E-state index in [1.165, 1.54) is 10.8 Å². The van der Waals surface area contributed by atoms with Gasteiger partial charge in [-0.05, 0) is 28.5 Å². The summed E-state index contributed by atoms with van der Waals surface area (Å²) in [7, 11) is 1.66. The second kappa shape index (κ2) is 10.7. The van der Waals surface area contributed by atoms with E-state index in [1.807, 2.05) is 41.3 Å². The molecule has 3 aromatic carbocycles. The van der Waals surface area contributed by atoms with Crippen LogP contribution in [0, 0.1) is 0 Å². The molecule has 5 aromatic rings. The first kappa shape index (κ1) is 23.0. The van der Waals surface area contributed by atoms with Gasteiger partial charge in [-0.25, -0.2) is 4.98 Å². The monoisotopic (exact) mass is 481 g/mol. The maximum Gasteiger partial charge on any atom is 0.246 e. The van der Waals surface area contributed by atoms with Gasteiger partial charge in [-0.15, -0.1) is 11.3 Å². The summed E-state index contributed by atoms with van der Waals surface area (Å²) in [5.41, 5.74) is 4.22. The number of hydrogen-bond acceptors (Lipinski definition) is 4. The van der Waals surface area contributed by atoms with Crippen molar-refractivity contribution in [3.63, 3.8) is 0 Å². The Kier molecular flexibility index (Phi) is 7.02. The molecule has 0 aliphatic rings. The van der Waals surface area contributed by atoms with Gasteiger partial charge >= 0.3 is 0 Å². The van der Waals surface area contributed by atoms with Crippen LogP contribution in [-0.2, 0) is 16.0 Å². The van der Waals surface area contributed by atoms with Crippen LogP contribution >= 0.6 is 11.3 Å². The lowest BCUT2D eigenvalue weighted by Gasteiger charge is -2.20. The summed E-state index contributed by atoms with van der Waals surface area (Å²) >= 11 is 1.63. The number of carbonyl (C=O) groups is 1. The van der Waals surface area contributed by atoms with Crippen molar-refractivity contribution in [2.75, 3.05) is 26.8 Å². The molecule has 2 heterocycles. The standard InChI is InChI=1S/C29H27N3O2S/c1-34-18-17-31(28(33)14-11-22-7-3-2-4-8-22)16-15-26-21-35-29-30-27(20-32(26)29)25-13-12-23-9-5-6-10-24(23)19-25/h2-14,19-21H,15-18H2,1H3. The number of nitrogens with zero attached hydrogens (tertiary/aromatic N) is 3. The average Bonchev–Trinajstić information content (AvgIpc) is 3.49. The summed E-state index contributed by atoms with van der Waals surface area (Å²) in [5.74, 6) is -0.0140. The Labute approximate surface area is 208 Å². The molecule has 0 saturated heterocycles.